The average Bonchev–Trinajstić information content (AvgIpc) is 3.28. The zero-order chi connectivity index (χ0) is 20.4. The number of anilines is 1. The second-order valence-corrected chi connectivity index (χ2v) is 8.36. The maximum atomic E-state index is 12.9. The van der Waals surface area contributed by atoms with E-state index >= 15 is 0 Å². The van der Waals surface area contributed by atoms with Crippen LogP contribution in [0.5, 0.6) is 5.75 Å². The van der Waals surface area contributed by atoms with Crippen molar-refractivity contribution in [2.45, 2.75) is 44.2 Å². The number of β-amino-alcohol motifs (C(OH)–C–C–N with tert-alkyl or cyclic N) is 1. The summed E-state index contributed by atoms with van der Waals surface area (Å²) in [6, 6.07) is 9.95. The number of nitriles is 1. The molecule has 2 heterocycles. The molecular weight excluding hydrogens is 390 g/mol. The number of carbonyl (C=O) groups excluding carboxylic acids is 2. The first kappa shape index (κ1) is 19.4. The lowest BCUT2D eigenvalue weighted by Gasteiger charge is -2.22. The predicted molar refractivity (Wildman–Crippen MR) is 108 cm³/mol. The van der Waals surface area contributed by atoms with Crippen molar-refractivity contribution in [3.63, 3.8) is 0 Å². The summed E-state index contributed by atoms with van der Waals surface area (Å²) in [6.07, 6.45) is 2.53. The standard InChI is InChI=1S/C21H21N3O4S/c22-11-16-15-8-4-5-9-18(15)29-20(16)23-19(26)17-10-13(25)12-24(17)21(27)28-14-6-2-1-3-7-14/h1-3,6-7,13,17,25H,4-5,8-10,12H2,(H,23,26)/t13-,17-/m1/s1. The summed E-state index contributed by atoms with van der Waals surface area (Å²) in [5.74, 6) is -0.0441. The first-order chi connectivity index (χ1) is 14.1. The number of benzene rings is 1. The van der Waals surface area contributed by atoms with Crippen LogP contribution in [0.3, 0.4) is 0 Å². The Kier molecular flexibility index (Phi) is 5.51. The van der Waals surface area contributed by atoms with E-state index in [1.165, 1.54) is 16.2 Å². The van der Waals surface area contributed by atoms with Gasteiger partial charge in [-0.25, -0.2) is 4.79 Å². The van der Waals surface area contributed by atoms with Gasteiger partial charge in [0.15, 0.2) is 0 Å². The lowest BCUT2D eigenvalue weighted by atomic mass is 9.96. The Hall–Kier alpha value is -2.89. The van der Waals surface area contributed by atoms with E-state index in [0.29, 0.717) is 16.3 Å². The van der Waals surface area contributed by atoms with Crippen LogP contribution >= 0.6 is 11.3 Å². The number of hydrogen-bond donors (Lipinski definition) is 2. The molecule has 2 amide bonds. The van der Waals surface area contributed by atoms with Crippen LogP contribution in [-0.4, -0.2) is 40.7 Å². The number of aliphatic hydroxyl groups is 1. The maximum absolute atomic E-state index is 12.9. The molecule has 4 rings (SSSR count). The summed E-state index contributed by atoms with van der Waals surface area (Å²) < 4.78 is 5.33. The molecule has 150 valence electrons. The third-order valence-corrected chi connectivity index (χ3v) is 6.49. The van der Waals surface area contributed by atoms with Gasteiger partial charge in [-0.2, -0.15) is 5.26 Å². The molecule has 1 saturated heterocycles. The van der Waals surface area contributed by atoms with Gasteiger partial charge in [0.2, 0.25) is 5.91 Å². The summed E-state index contributed by atoms with van der Waals surface area (Å²) >= 11 is 1.44. The van der Waals surface area contributed by atoms with Gasteiger partial charge in [0, 0.05) is 11.3 Å². The largest absolute Gasteiger partial charge is 0.416 e. The molecule has 2 N–H and O–H groups in total. The van der Waals surface area contributed by atoms with E-state index in [9.17, 15) is 20.0 Å². The van der Waals surface area contributed by atoms with E-state index in [1.54, 1.807) is 30.3 Å². The topological polar surface area (TPSA) is 103 Å². The summed E-state index contributed by atoms with van der Waals surface area (Å²) in [7, 11) is 0. The SMILES string of the molecule is N#Cc1c(NC(=O)[C@H]2C[C@@H](O)CN2C(=O)Oc2ccccc2)sc2c1CCCC2. The molecule has 7 nitrogen and oxygen atoms in total. The van der Waals surface area contributed by atoms with E-state index in [-0.39, 0.29) is 13.0 Å². The molecule has 8 heteroatoms. The molecule has 0 saturated carbocycles. The minimum atomic E-state index is -0.855. The zero-order valence-corrected chi connectivity index (χ0v) is 16.6. The Morgan fingerprint density at radius 3 is 2.76 bits per heavy atom. The lowest BCUT2D eigenvalue weighted by Crippen LogP contribution is -2.44. The number of thiophene rings is 1. The summed E-state index contributed by atoms with van der Waals surface area (Å²) in [5, 5.41) is 23.0. The number of carbonyl (C=O) groups is 2. The molecular formula is C21H21N3O4S. The van der Waals surface area contributed by atoms with Gasteiger partial charge in [0.1, 0.15) is 22.9 Å². The van der Waals surface area contributed by atoms with E-state index in [1.807, 2.05) is 0 Å². The fourth-order valence-corrected chi connectivity index (χ4v) is 5.12. The van der Waals surface area contributed by atoms with Crippen molar-refractivity contribution in [1.29, 1.82) is 5.26 Å². The highest BCUT2D eigenvalue weighted by atomic mass is 32.1. The highest BCUT2D eigenvalue weighted by molar-refractivity contribution is 7.16. The van der Waals surface area contributed by atoms with Gasteiger partial charge in [-0.05, 0) is 43.4 Å². The van der Waals surface area contributed by atoms with Gasteiger partial charge < -0.3 is 15.2 Å². The molecule has 1 aliphatic heterocycles. The van der Waals surface area contributed by atoms with Crippen molar-refractivity contribution in [1.82, 2.24) is 4.90 Å². The number of aryl methyl sites for hydroxylation is 1. The Bertz CT molecular complexity index is 966. The molecule has 1 aliphatic carbocycles. The third kappa shape index (κ3) is 3.97. The van der Waals surface area contributed by atoms with Crippen molar-refractivity contribution < 1.29 is 19.4 Å². The summed E-state index contributed by atoms with van der Waals surface area (Å²) in [4.78, 5) is 27.9. The van der Waals surface area contributed by atoms with Gasteiger partial charge in [-0.3, -0.25) is 9.69 Å². The Balaban J connectivity index is 1.51. The molecule has 0 radical (unpaired) electrons. The number of para-hydroxylation sites is 1. The second-order valence-electron chi connectivity index (χ2n) is 7.25. The Labute approximate surface area is 172 Å². The van der Waals surface area contributed by atoms with Crippen LogP contribution in [0.1, 0.15) is 35.3 Å². The van der Waals surface area contributed by atoms with Crippen LogP contribution in [0.4, 0.5) is 9.80 Å². The van der Waals surface area contributed by atoms with Gasteiger partial charge in [-0.15, -0.1) is 11.3 Å². The second kappa shape index (κ2) is 8.23. The minimum absolute atomic E-state index is 0.0236. The molecule has 0 bridgehead atoms. The summed E-state index contributed by atoms with van der Waals surface area (Å²) in [5.41, 5.74) is 1.56. The number of rotatable bonds is 3. The van der Waals surface area contributed by atoms with Crippen molar-refractivity contribution in [3.05, 3.63) is 46.3 Å². The molecule has 2 atom stereocenters. The predicted octanol–water partition coefficient (Wildman–Crippen LogP) is 3.07. The number of ether oxygens (including phenoxy) is 1. The van der Waals surface area contributed by atoms with Crippen LogP contribution in [0.25, 0.3) is 0 Å². The molecule has 2 aliphatic rings. The summed E-state index contributed by atoms with van der Waals surface area (Å²) in [6.45, 7) is 0.0236. The van der Waals surface area contributed by atoms with Crippen LogP contribution in [0.2, 0.25) is 0 Å². The zero-order valence-electron chi connectivity index (χ0n) is 15.8. The number of nitrogens with one attached hydrogen (secondary N) is 1. The third-order valence-electron chi connectivity index (χ3n) is 5.28. The van der Waals surface area contributed by atoms with E-state index in [0.717, 1.165) is 36.1 Å². The fourth-order valence-electron chi connectivity index (χ4n) is 3.88. The monoisotopic (exact) mass is 411 g/mol. The lowest BCUT2D eigenvalue weighted by molar-refractivity contribution is -0.119. The van der Waals surface area contributed by atoms with Gasteiger partial charge in [0.25, 0.3) is 0 Å². The van der Waals surface area contributed by atoms with Crippen molar-refractivity contribution in [3.8, 4) is 11.8 Å². The molecule has 1 fully saturated rings. The van der Waals surface area contributed by atoms with Gasteiger partial charge in [-0.1, -0.05) is 18.2 Å². The Morgan fingerprint density at radius 1 is 1.24 bits per heavy atom. The molecule has 0 spiro atoms. The number of amides is 2. The quantitative estimate of drug-likeness (QED) is 0.808. The highest BCUT2D eigenvalue weighted by Gasteiger charge is 2.40. The van der Waals surface area contributed by atoms with Crippen LogP contribution in [-0.2, 0) is 17.6 Å². The smallest absolute Gasteiger partial charge is 0.410 e. The number of likely N-dealkylation sites (tertiary alicyclic amines) is 1. The minimum Gasteiger partial charge on any atom is -0.410 e. The average molecular weight is 411 g/mol. The van der Waals surface area contributed by atoms with E-state index in [2.05, 4.69) is 11.4 Å². The highest BCUT2D eigenvalue weighted by Crippen LogP contribution is 2.38. The molecule has 0 unspecified atom stereocenters. The number of nitrogens with zero attached hydrogens (tertiary/aromatic N) is 2. The van der Waals surface area contributed by atoms with Crippen molar-refractivity contribution >= 4 is 28.3 Å². The van der Waals surface area contributed by atoms with Gasteiger partial charge in [0.05, 0.1) is 18.2 Å². The number of aliphatic hydroxyl groups excluding tert-OH is 1. The Morgan fingerprint density at radius 2 is 2.00 bits per heavy atom. The van der Waals surface area contributed by atoms with E-state index in [4.69, 9.17) is 4.74 Å². The van der Waals surface area contributed by atoms with Gasteiger partial charge >= 0.3 is 6.09 Å². The maximum Gasteiger partial charge on any atom is 0.416 e. The van der Waals surface area contributed by atoms with Crippen LogP contribution in [0.15, 0.2) is 30.3 Å². The van der Waals surface area contributed by atoms with Crippen LogP contribution in [0, 0.1) is 11.3 Å². The first-order valence-corrected chi connectivity index (χ1v) is 10.5. The molecule has 2 aromatic rings. The molecule has 29 heavy (non-hydrogen) atoms. The number of hydrogen-bond acceptors (Lipinski definition) is 6. The van der Waals surface area contributed by atoms with E-state index < -0.39 is 24.1 Å². The first-order valence-electron chi connectivity index (χ1n) is 9.64. The molecule has 1 aromatic carbocycles. The van der Waals surface area contributed by atoms with Crippen molar-refractivity contribution in [2.75, 3.05) is 11.9 Å². The normalized spacial score (nSPS) is 20.6. The number of fused-ring (bicyclic) bond motifs is 1. The van der Waals surface area contributed by atoms with Crippen molar-refractivity contribution in [2.24, 2.45) is 0 Å². The fraction of sp³-hybridized carbons (Fsp3) is 0.381. The molecule has 1 aromatic heterocycles. The van der Waals surface area contributed by atoms with Crippen LogP contribution < -0.4 is 10.1 Å².